The second-order valence-corrected chi connectivity index (χ2v) is 6.68. The highest BCUT2D eigenvalue weighted by Gasteiger charge is 2.13. The van der Waals surface area contributed by atoms with Crippen molar-refractivity contribution in [2.24, 2.45) is 0 Å². The van der Waals surface area contributed by atoms with E-state index in [1.54, 1.807) is 11.3 Å². The van der Waals surface area contributed by atoms with Gasteiger partial charge >= 0.3 is 0 Å². The van der Waals surface area contributed by atoms with Crippen LogP contribution in [0, 0.1) is 13.8 Å². The monoisotopic (exact) mass is 297 g/mol. The first-order valence-electron chi connectivity index (χ1n) is 7.15. The van der Waals surface area contributed by atoms with Crippen LogP contribution in [0.15, 0.2) is 36.5 Å². The average molecular weight is 297 g/mol. The maximum atomic E-state index is 4.63. The van der Waals surface area contributed by atoms with E-state index in [9.17, 15) is 0 Å². The summed E-state index contributed by atoms with van der Waals surface area (Å²) in [6.45, 7) is 7.16. The fourth-order valence-electron chi connectivity index (χ4n) is 2.62. The molecule has 1 unspecified atom stereocenters. The molecule has 0 radical (unpaired) electrons. The summed E-state index contributed by atoms with van der Waals surface area (Å²) in [5.41, 5.74) is 3.46. The maximum absolute atomic E-state index is 4.63. The molecular weight excluding hydrogens is 278 g/mol. The Morgan fingerprint density at radius 2 is 2.00 bits per heavy atom. The smallest absolute Gasteiger partial charge is 0.0900 e. The lowest BCUT2D eigenvalue weighted by Crippen LogP contribution is -2.19. The van der Waals surface area contributed by atoms with Crippen LogP contribution in [-0.2, 0) is 6.54 Å². The number of aryl methyl sites for hydroxylation is 2. The molecule has 3 rings (SSSR count). The van der Waals surface area contributed by atoms with Crippen molar-refractivity contribution in [3.63, 3.8) is 0 Å². The lowest BCUT2D eigenvalue weighted by Gasteiger charge is -2.13. The Balaban J connectivity index is 1.79. The van der Waals surface area contributed by atoms with E-state index in [0.29, 0.717) is 0 Å². The van der Waals surface area contributed by atoms with Crippen molar-refractivity contribution in [3.8, 4) is 0 Å². The molecule has 2 heterocycles. The van der Waals surface area contributed by atoms with E-state index in [1.165, 1.54) is 15.8 Å². The Labute approximate surface area is 129 Å². The number of nitrogens with one attached hydrogen (secondary N) is 1. The van der Waals surface area contributed by atoms with Gasteiger partial charge in [-0.3, -0.25) is 4.98 Å². The highest BCUT2D eigenvalue weighted by atomic mass is 32.1. The van der Waals surface area contributed by atoms with Crippen molar-refractivity contribution in [2.75, 3.05) is 0 Å². The van der Waals surface area contributed by atoms with Crippen LogP contribution in [0.25, 0.3) is 10.9 Å². The second kappa shape index (κ2) is 5.92. The molecular formula is C17H19N3S. The highest BCUT2D eigenvalue weighted by molar-refractivity contribution is 7.11. The predicted octanol–water partition coefficient (Wildman–Crippen LogP) is 4.16. The molecule has 3 aromatic rings. The third-order valence-corrected chi connectivity index (χ3v) is 4.57. The van der Waals surface area contributed by atoms with Crippen molar-refractivity contribution in [2.45, 2.75) is 33.4 Å². The van der Waals surface area contributed by atoms with Gasteiger partial charge in [0.05, 0.1) is 16.2 Å². The summed E-state index contributed by atoms with van der Waals surface area (Å²) in [4.78, 5) is 10.4. The zero-order valence-corrected chi connectivity index (χ0v) is 13.4. The van der Waals surface area contributed by atoms with Gasteiger partial charge in [-0.1, -0.05) is 24.3 Å². The van der Waals surface area contributed by atoms with Crippen LogP contribution in [0.1, 0.15) is 34.1 Å². The number of nitrogens with zero attached hydrogens (tertiary/aromatic N) is 2. The first-order valence-corrected chi connectivity index (χ1v) is 7.96. The molecule has 0 fully saturated rings. The molecule has 0 saturated carbocycles. The summed E-state index contributed by atoms with van der Waals surface area (Å²) in [5, 5.41) is 5.88. The molecule has 2 aromatic heterocycles. The van der Waals surface area contributed by atoms with E-state index in [4.69, 9.17) is 0 Å². The minimum absolute atomic E-state index is 0.244. The SMILES string of the molecule is Cc1nc(C(C)NCc2cccc3cccnc23)c(C)s1. The summed E-state index contributed by atoms with van der Waals surface area (Å²) in [5.74, 6) is 0. The topological polar surface area (TPSA) is 37.8 Å². The zero-order valence-electron chi connectivity index (χ0n) is 12.6. The molecule has 1 aromatic carbocycles. The number of hydrogen-bond acceptors (Lipinski definition) is 4. The van der Waals surface area contributed by atoms with Crippen LogP contribution in [0.3, 0.4) is 0 Å². The largest absolute Gasteiger partial charge is 0.305 e. The minimum Gasteiger partial charge on any atom is -0.305 e. The van der Waals surface area contributed by atoms with E-state index >= 15 is 0 Å². The predicted molar refractivity (Wildman–Crippen MR) is 88.6 cm³/mol. The first-order chi connectivity index (χ1) is 10.1. The molecule has 3 nitrogen and oxygen atoms in total. The number of para-hydroxylation sites is 1. The number of fused-ring (bicyclic) bond motifs is 1. The van der Waals surface area contributed by atoms with Crippen LogP contribution < -0.4 is 5.32 Å². The van der Waals surface area contributed by atoms with Crippen LogP contribution in [0.4, 0.5) is 0 Å². The fourth-order valence-corrected chi connectivity index (χ4v) is 3.53. The van der Waals surface area contributed by atoms with E-state index in [-0.39, 0.29) is 6.04 Å². The summed E-state index contributed by atoms with van der Waals surface area (Å²) >= 11 is 1.76. The van der Waals surface area contributed by atoms with Gasteiger partial charge in [-0.05, 0) is 32.4 Å². The fraction of sp³-hybridized carbons (Fsp3) is 0.294. The number of thiazole rings is 1. The Morgan fingerprint density at radius 1 is 1.19 bits per heavy atom. The third kappa shape index (κ3) is 2.96. The van der Waals surface area contributed by atoms with Gasteiger partial charge in [-0.2, -0.15) is 0 Å². The van der Waals surface area contributed by atoms with Gasteiger partial charge in [-0.25, -0.2) is 4.98 Å². The number of pyridine rings is 1. The van der Waals surface area contributed by atoms with E-state index in [2.05, 4.69) is 60.3 Å². The average Bonchev–Trinajstić information content (AvgIpc) is 2.83. The van der Waals surface area contributed by atoms with Crippen molar-refractivity contribution in [1.29, 1.82) is 0 Å². The summed E-state index contributed by atoms with van der Waals surface area (Å²) < 4.78 is 0. The van der Waals surface area contributed by atoms with Gasteiger partial charge < -0.3 is 5.32 Å². The lowest BCUT2D eigenvalue weighted by atomic mass is 10.1. The van der Waals surface area contributed by atoms with Crippen molar-refractivity contribution in [3.05, 3.63) is 57.7 Å². The molecule has 0 amide bonds. The number of benzene rings is 1. The molecule has 1 N–H and O–H groups in total. The maximum Gasteiger partial charge on any atom is 0.0900 e. The van der Waals surface area contributed by atoms with Crippen molar-refractivity contribution >= 4 is 22.2 Å². The molecule has 108 valence electrons. The van der Waals surface area contributed by atoms with Gasteiger partial charge in [0.2, 0.25) is 0 Å². The van der Waals surface area contributed by atoms with Crippen LogP contribution in [0.5, 0.6) is 0 Å². The number of rotatable bonds is 4. The Hall–Kier alpha value is -1.78. The quantitative estimate of drug-likeness (QED) is 0.786. The van der Waals surface area contributed by atoms with Gasteiger partial charge in [0.15, 0.2) is 0 Å². The highest BCUT2D eigenvalue weighted by Crippen LogP contribution is 2.23. The molecule has 1 atom stereocenters. The third-order valence-electron chi connectivity index (χ3n) is 3.66. The Morgan fingerprint density at radius 3 is 2.76 bits per heavy atom. The molecule has 0 bridgehead atoms. The lowest BCUT2D eigenvalue weighted by molar-refractivity contribution is 0.562. The molecule has 4 heteroatoms. The van der Waals surface area contributed by atoms with E-state index in [1.807, 2.05) is 12.3 Å². The molecule has 0 spiro atoms. The van der Waals surface area contributed by atoms with Gasteiger partial charge in [0.25, 0.3) is 0 Å². The van der Waals surface area contributed by atoms with Crippen molar-refractivity contribution < 1.29 is 0 Å². The van der Waals surface area contributed by atoms with E-state index in [0.717, 1.165) is 22.8 Å². The summed E-state index contributed by atoms with van der Waals surface area (Å²) in [7, 11) is 0. The Bertz CT molecular complexity index is 758. The summed E-state index contributed by atoms with van der Waals surface area (Å²) in [6.07, 6.45) is 1.85. The normalized spacial score (nSPS) is 12.7. The van der Waals surface area contributed by atoms with Crippen LogP contribution in [-0.4, -0.2) is 9.97 Å². The minimum atomic E-state index is 0.244. The molecule has 0 aliphatic carbocycles. The first kappa shape index (κ1) is 14.2. The molecule has 0 saturated heterocycles. The second-order valence-electron chi connectivity index (χ2n) is 5.27. The molecule has 0 aliphatic heterocycles. The van der Waals surface area contributed by atoms with Gasteiger partial charge in [0, 0.05) is 29.0 Å². The molecule has 21 heavy (non-hydrogen) atoms. The van der Waals surface area contributed by atoms with E-state index < -0.39 is 0 Å². The van der Waals surface area contributed by atoms with Crippen LogP contribution in [0.2, 0.25) is 0 Å². The van der Waals surface area contributed by atoms with Gasteiger partial charge in [0.1, 0.15) is 0 Å². The van der Waals surface area contributed by atoms with Crippen molar-refractivity contribution in [1.82, 2.24) is 15.3 Å². The number of hydrogen-bond donors (Lipinski definition) is 1. The van der Waals surface area contributed by atoms with Crippen LogP contribution >= 0.6 is 11.3 Å². The van der Waals surface area contributed by atoms with Gasteiger partial charge in [-0.15, -0.1) is 11.3 Å². The summed E-state index contributed by atoms with van der Waals surface area (Å²) in [6, 6.07) is 10.6. The number of aromatic nitrogens is 2. The Kier molecular flexibility index (Phi) is 3.99. The zero-order chi connectivity index (χ0) is 14.8. The molecule has 0 aliphatic rings. The standard InChI is InChI=1S/C17H19N3S/c1-11(16-12(2)21-13(3)20-16)19-10-15-7-4-6-14-8-5-9-18-17(14)15/h4-9,11,19H,10H2,1-3H3.